The van der Waals surface area contributed by atoms with E-state index in [1.54, 1.807) is 64.7 Å². The van der Waals surface area contributed by atoms with Crippen LogP contribution in [0.1, 0.15) is 24.1 Å². The highest BCUT2D eigenvalue weighted by atomic mass is 16.5. The SMILES string of the molecule is COc1cc(COc2cc3oc(=O)c4cc(C(C)N=O)ccc4c3cc2OC)cc(OC)c1. The van der Waals surface area contributed by atoms with Gasteiger partial charge in [0.2, 0.25) is 0 Å². The van der Waals surface area contributed by atoms with E-state index < -0.39 is 11.7 Å². The summed E-state index contributed by atoms with van der Waals surface area (Å²) in [6.45, 7) is 1.88. The van der Waals surface area contributed by atoms with Gasteiger partial charge in [0.15, 0.2) is 11.5 Å². The number of ether oxygens (including phenoxy) is 4. The maximum atomic E-state index is 12.7. The molecule has 0 spiro atoms. The van der Waals surface area contributed by atoms with Crippen molar-refractivity contribution in [3.05, 3.63) is 75.0 Å². The van der Waals surface area contributed by atoms with Gasteiger partial charge >= 0.3 is 5.63 Å². The van der Waals surface area contributed by atoms with Gasteiger partial charge in [-0.05, 0) is 42.3 Å². The quantitative estimate of drug-likeness (QED) is 0.202. The molecular formula is C25H23NO7. The van der Waals surface area contributed by atoms with Crippen LogP contribution in [0.25, 0.3) is 21.7 Å². The van der Waals surface area contributed by atoms with Crippen LogP contribution in [0.15, 0.2) is 62.9 Å². The molecule has 8 heteroatoms. The first-order valence-electron chi connectivity index (χ1n) is 10.2. The predicted molar refractivity (Wildman–Crippen MR) is 125 cm³/mol. The first-order chi connectivity index (χ1) is 16.0. The van der Waals surface area contributed by atoms with Crippen LogP contribution in [0.3, 0.4) is 0 Å². The Hall–Kier alpha value is -4.07. The number of fused-ring (bicyclic) bond motifs is 3. The Balaban J connectivity index is 1.75. The molecule has 4 rings (SSSR count). The summed E-state index contributed by atoms with van der Waals surface area (Å²) in [4.78, 5) is 23.6. The maximum absolute atomic E-state index is 12.7. The molecule has 0 aliphatic carbocycles. The number of nitrogens with zero attached hydrogens (tertiary/aromatic N) is 1. The molecule has 0 N–H and O–H groups in total. The molecule has 0 saturated carbocycles. The van der Waals surface area contributed by atoms with Crippen molar-refractivity contribution >= 4 is 21.7 Å². The molecule has 0 radical (unpaired) electrons. The van der Waals surface area contributed by atoms with Crippen molar-refractivity contribution in [1.29, 1.82) is 0 Å². The largest absolute Gasteiger partial charge is 0.497 e. The molecule has 0 fully saturated rings. The van der Waals surface area contributed by atoms with Gasteiger partial charge in [0.1, 0.15) is 29.7 Å². The number of nitroso groups, excluding NO2 is 1. The molecule has 0 bridgehead atoms. The minimum Gasteiger partial charge on any atom is -0.497 e. The third kappa shape index (κ3) is 4.32. The van der Waals surface area contributed by atoms with Gasteiger partial charge in [-0.3, -0.25) is 0 Å². The van der Waals surface area contributed by atoms with Gasteiger partial charge in [-0.1, -0.05) is 17.3 Å². The van der Waals surface area contributed by atoms with Gasteiger partial charge in [-0.2, -0.15) is 4.91 Å². The van der Waals surface area contributed by atoms with Gasteiger partial charge in [-0.15, -0.1) is 0 Å². The van der Waals surface area contributed by atoms with Crippen LogP contribution in [0.5, 0.6) is 23.0 Å². The van der Waals surface area contributed by atoms with Crippen molar-refractivity contribution in [2.24, 2.45) is 5.18 Å². The summed E-state index contributed by atoms with van der Waals surface area (Å²) in [7, 11) is 4.70. The highest BCUT2D eigenvalue weighted by molar-refractivity contribution is 6.05. The van der Waals surface area contributed by atoms with Gasteiger partial charge in [0.05, 0.1) is 26.7 Å². The molecule has 170 valence electrons. The first-order valence-corrected chi connectivity index (χ1v) is 10.2. The van der Waals surface area contributed by atoms with E-state index in [-0.39, 0.29) is 6.61 Å². The summed E-state index contributed by atoms with van der Waals surface area (Å²) in [5.41, 5.74) is 1.33. The fourth-order valence-corrected chi connectivity index (χ4v) is 3.66. The monoisotopic (exact) mass is 449 g/mol. The van der Waals surface area contributed by atoms with E-state index in [1.165, 1.54) is 0 Å². The lowest BCUT2D eigenvalue weighted by Crippen LogP contribution is -2.03. The van der Waals surface area contributed by atoms with Crippen LogP contribution in [0.2, 0.25) is 0 Å². The van der Waals surface area contributed by atoms with Gasteiger partial charge in [0, 0.05) is 22.9 Å². The second kappa shape index (κ2) is 9.20. The summed E-state index contributed by atoms with van der Waals surface area (Å²) >= 11 is 0. The molecule has 1 heterocycles. The molecule has 1 unspecified atom stereocenters. The third-order valence-electron chi connectivity index (χ3n) is 5.47. The minimum atomic E-state index is -0.565. The van der Waals surface area contributed by atoms with Crippen molar-refractivity contribution < 1.29 is 23.4 Å². The molecule has 0 aliphatic heterocycles. The summed E-state index contributed by atoms with van der Waals surface area (Å²) < 4.78 is 27.7. The Morgan fingerprint density at radius 1 is 0.848 bits per heavy atom. The number of methoxy groups -OCH3 is 3. The zero-order chi connectivity index (χ0) is 23.5. The van der Waals surface area contributed by atoms with Gasteiger partial charge < -0.3 is 23.4 Å². The molecule has 8 nitrogen and oxygen atoms in total. The standard InChI is InChI=1S/C25H23NO7/c1-14(26-28)16-5-6-19-20-11-23(31-4)24(12-22(20)33-25(27)21(19)9-16)32-13-15-7-17(29-2)10-18(8-15)30-3/h5-12,14H,13H2,1-4H3. The number of hydrogen-bond acceptors (Lipinski definition) is 8. The average Bonchev–Trinajstić information content (AvgIpc) is 2.86. The number of rotatable bonds is 8. The Labute approximate surface area is 189 Å². The highest BCUT2D eigenvalue weighted by Gasteiger charge is 2.16. The van der Waals surface area contributed by atoms with Crippen molar-refractivity contribution in [2.75, 3.05) is 21.3 Å². The zero-order valence-corrected chi connectivity index (χ0v) is 18.7. The summed E-state index contributed by atoms with van der Waals surface area (Å²) in [6, 6.07) is 13.5. The Morgan fingerprint density at radius 2 is 1.58 bits per heavy atom. The van der Waals surface area contributed by atoms with Crippen LogP contribution < -0.4 is 24.6 Å². The molecule has 1 atom stereocenters. The van der Waals surface area contributed by atoms with Crippen molar-refractivity contribution in [3.63, 3.8) is 0 Å². The fourth-order valence-electron chi connectivity index (χ4n) is 3.66. The average molecular weight is 449 g/mol. The highest BCUT2D eigenvalue weighted by Crippen LogP contribution is 2.36. The molecule has 0 amide bonds. The summed E-state index contributed by atoms with van der Waals surface area (Å²) in [6.07, 6.45) is 0. The van der Waals surface area contributed by atoms with Crippen LogP contribution in [-0.4, -0.2) is 21.3 Å². The van der Waals surface area contributed by atoms with E-state index in [1.807, 2.05) is 12.1 Å². The Kier molecular flexibility index (Phi) is 6.17. The van der Waals surface area contributed by atoms with E-state index in [4.69, 9.17) is 23.4 Å². The van der Waals surface area contributed by atoms with Crippen LogP contribution in [-0.2, 0) is 6.61 Å². The molecule has 4 aromatic rings. The zero-order valence-electron chi connectivity index (χ0n) is 18.7. The first kappa shape index (κ1) is 22.1. The molecule has 0 aliphatic rings. The Bertz CT molecular complexity index is 1370. The van der Waals surface area contributed by atoms with Crippen molar-refractivity contribution in [2.45, 2.75) is 19.6 Å². The maximum Gasteiger partial charge on any atom is 0.344 e. The lowest BCUT2D eigenvalue weighted by Gasteiger charge is -2.14. The Morgan fingerprint density at radius 3 is 2.21 bits per heavy atom. The molecule has 3 aromatic carbocycles. The van der Waals surface area contributed by atoms with Gasteiger partial charge in [0.25, 0.3) is 0 Å². The van der Waals surface area contributed by atoms with E-state index in [0.29, 0.717) is 50.3 Å². The lowest BCUT2D eigenvalue weighted by atomic mass is 10.0. The van der Waals surface area contributed by atoms with Crippen LogP contribution in [0.4, 0.5) is 0 Å². The molecule has 1 aromatic heterocycles. The van der Waals surface area contributed by atoms with Crippen LogP contribution >= 0.6 is 0 Å². The second-order valence-corrected chi connectivity index (χ2v) is 7.48. The van der Waals surface area contributed by atoms with E-state index >= 15 is 0 Å². The van der Waals surface area contributed by atoms with E-state index in [2.05, 4.69) is 5.18 Å². The third-order valence-corrected chi connectivity index (χ3v) is 5.47. The topological polar surface area (TPSA) is 96.6 Å². The van der Waals surface area contributed by atoms with E-state index in [0.717, 1.165) is 5.56 Å². The smallest absolute Gasteiger partial charge is 0.344 e. The van der Waals surface area contributed by atoms with Crippen molar-refractivity contribution in [1.82, 2.24) is 0 Å². The van der Waals surface area contributed by atoms with E-state index in [9.17, 15) is 9.70 Å². The lowest BCUT2D eigenvalue weighted by molar-refractivity contribution is 0.283. The number of hydrogen-bond donors (Lipinski definition) is 0. The normalized spacial score (nSPS) is 11.9. The van der Waals surface area contributed by atoms with Crippen LogP contribution in [0, 0.1) is 4.91 Å². The number of benzene rings is 3. The van der Waals surface area contributed by atoms with Gasteiger partial charge in [-0.25, -0.2) is 4.79 Å². The molecule has 0 saturated heterocycles. The fraction of sp³-hybridized carbons (Fsp3) is 0.240. The summed E-state index contributed by atoms with van der Waals surface area (Å²) in [5.74, 6) is 2.20. The molecular weight excluding hydrogens is 426 g/mol. The van der Waals surface area contributed by atoms with Crippen molar-refractivity contribution in [3.8, 4) is 23.0 Å². The molecule has 33 heavy (non-hydrogen) atoms. The predicted octanol–water partition coefficient (Wildman–Crippen LogP) is 5.38. The second-order valence-electron chi connectivity index (χ2n) is 7.48. The summed E-state index contributed by atoms with van der Waals surface area (Å²) in [5, 5.41) is 4.77. The minimum absolute atomic E-state index is 0.215.